The highest BCUT2D eigenvalue weighted by Crippen LogP contribution is 2.30. The summed E-state index contributed by atoms with van der Waals surface area (Å²) in [5, 5.41) is 10.7. The Morgan fingerprint density at radius 1 is 1.44 bits per heavy atom. The highest BCUT2D eigenvalue weighted by Gasteiger charge is 2.12. The number of methoxy groups -OCH3 is 1. The quantitative estimate of drug-likeness (QED) is 0.902. The molecule has 0 fully saturated rings. The molecule has 1 aromatic carbocycles. The molecule has 6 nitrogen and oxygen atoms in total. The molecule has 0 saturated carbocycles. The van der Waals surface area contributed by atoms with Crippen molar-refractivity contribution < 1.29 is 9.15 Å². The van der Waals surface area contributed by atoms with E-state index >= 15 is 0 Å². The van der Waals surface area contributed by atoms with Gasteiger partial charge in [0.2, 0.25) is 5.89 Å². The van der Waals surface area contributed by atoms with Crippen LogP contribution >= 0.6 is 15.9 Å². The van der Waals surface area contributed by atoms with E-state index in [2.05, 4.69) is 31.4 Å². The van der Waals surface area contributed by atoms with Crippen molar-refractivity contribution in [2.75, 3.05) is 12.4 Å². The summed E-state index contributed by atoms with van der Waals surface area (Å²) < 4.78 is 11.5. The fraction of sp³-hybridized carbons (Fsp3) is 0.273. The number of benzene rings is 1. The van der Waals surface area contributed by atoms with Crippen LogP contribution in [0.3, 0.4) is 0 Å². The number of nitrogens with one attached hydrogen (secondary N) is 1. The number of halogens is 1. The maximum atomic E-state index is 5.64. The molecular weight excluding hydrogens is 300 g/mol. The fourth-order valence-electron chi connectivity index (χ4n) is 1.36. The Morgan fingerprint density at radius 2 is 2.22 bits per heavy atom. The zero-order valence-corrected chi connectivity index (χ0v) is 11.6. The summed E-state index contributed by atoms with van der Waals surface area (Å²) >= 11 is 3.39. The lowest BCUT2D eigenvalue weighted by Gasteiger charge is -2.08. The van der Waals surface area contributed by atoms with Crippen LogP contribution in [-0.4, -0.2) is 17.3 Å². The lowest BCUT2D eigenvalue weighted by Crippen LogP contribution is -2.04. The minimum absolute atomic E-state index is 0.277. The number of anilines is 2. The van der Waals surface area contributed by atoms with E-state index in [-0.39, 0.29) is 12.1 Å². The van der Waals surface area contributed by atoms with Crippen LogP contribution in [0.1, 0.15) is 18.9 Å². The average molecular weight is 313 g/mol. The van der Waals surface area contributed by atoms with E-state index in [1.54, 1.807) is 14.0 Å². The van der Waals surface area contributed by atoms with Gasteiger partial charge in [0.15, 0.2) is 0 Å². The van der Waals surface area contributed by atoms with E-state index < -0.39 is 0 Å². The zero-order chi connectivity index (χ0) is 13.1. The molecule has 1 aromatic heterocycles. The third-order valence-electron chi connectivity index (χ3n) is 2.23. The molecule has 1 unspecified atom stereocenters. The topological polar surface area (TPSA) is 86.2 Å². The Bertz CT molecular complexity index is 542. The molecule has 0 saturated heterocycles. The summed E-state index contributed by atoms with van der Waals surface area (Å²) in [6, 6.07) is 5.55. The molecule has 1 heterocycles. The van der Waals surface area contributed by atoms with Gasteiger partial charge in [0, 0.05) is 4.47 Å². The third kappa shape index (κ3) is 2.80. The van der Waals surface area contributed by atoms with Crippen molar-refractivity contribution in [3.63, 3.8) is 0 Å². The Balaban J connectivity index is 2.24. The summed E-state index contributed by atoms with van der Waals surface area (Å²) in [4.78, 5) is 0. The molecule has 0 amide bonds. The summed E-state index contributed by atoms with van der Waals surface area (Å²) in [7, 11) is 1.59. The van der Waals surface area contributed by atoms with Crippen LogP contribution in [-0.2, 0) is 0 Å². The molecule has 96 valence electrons. The lowest BCUT2D eigenvalue weighted by molar-refractivity contribution is 0.416. The second-order valence-corrected chi connectivity index (χ2v) is 4.62. The molecule has 1 atom stereocenters. The fourth-order valence-corrected chi connectivity index (χ4v) is 1.72. The Morgan fingerprint density at radius 3 is 2.83 bits per heavy atom. The smallest absolute Gasteiger partial charge is 0.320 e. The summed E-state index contributed by atoms with van der Waals surface area (Å²) in [6.07, 6.45) is 0. The minimum Gasteiger partial charge on any atom is -0.495 e. The molecular formula is C11H13BrN4O2. The molecule has 0 aliphatic rings. The molecule has 0 aliphatic heterocycles. The maximum absolute atomic E-state index is 5.64. The maximum Gasteiger partial charge on any atom is 0.320 e. The normalized spacial score (nSPS) is 12.2. The molecule has 7 heteroatoms. The molecule has 0 aliphatic carbocycles. The summed E-state index contributed by atoms with van der Waals surface area (Å²) in [5.74, 6) is 1.06. The monoisotopic (exact) mass is 312 g/mol. The first-order chi connectivity index (χ1) is 8.60. The average Bonchev–Trinajstić information content (AvgIpc) is 2.78. The van der Waals surface area contributed by atoms with E-state index in [1.165, 1.54) is 0 Å². The van der Waals surface area contributed by atoms with Crippen molar-refractivity contribution in [3.05, 3.63) is 28.6 Å². The second-order valence-electron chi connectivity index (χ2n) is 3.70. The van der Waals surface area contributed by atoms with Crippen LogP contribution in [0.2, 0.25) is 0 Å². The van der Waals surface area contributed by atoms with Crippen LogP contribution < -0.4 is 15.8 Å². The number of hydrogen-bond donors (Lipinski definition) is 2. The highest BCUT2D eigenvalue weighted by atomic mass is 79.9. The first-order valence-electron chi connectivity index (χ1n) is 5.29. The van der Waals surface area contributed by atoms with Crippen molar-refractivity contribution in [2.24, 2.45) is 5.73 Å². The van der Waals surface area contributed by atoms with Crippen LogP contribution in [0.5, 0.6) is 5.75 Å². The van der Waals surface area contributed by atoms with Gasteiger partial charge < -0.3 is 20.2 Å². The van der Waals surface area contributed by atoms with Crippen molar-refractivity contribution >= 4 is 27.6 Å². The molecule has 2 rings (SSSR count). The minimum atomic E-state index is -0.294. The molecule has 0 radical (unpaired) electrons. The van der Waals surface area contributed by atoms with E-state index in [0.717, 1.165) is 10.2 Å². The van der Waals surface area contributed by atoms with E-state index in [1.807, 2.05) is 18.2 Å². The lowest BCUT2D eigenvalue weighted by atomic mass is 10.3. The number of rotatable bonds is 4. The van der Waals surface area contributed by atoms with Gasteiger partial charge in [-0.05, 0) is 25.1 Å². The highest BCUT2D eigenvalue weighted by molar-refractivity contribution is 9.10. The predicted molar refractivity (Wildman–Crippen MR) is 70.9 cm³/mol. The van der Waals surface area contributed by atoms with Gasteiger partial charge >= 0.3 is 6.01 Å². The van der Waals surface area contributed by atoms with Crippen LogP contribution in [0, 0.1) is 0 Å². The Labute approximate surface area is 113 Å². The van der Waals surface area contributed by atoms with Gasteiger partial charge in [-0.3, -0.25) is 0 Å². The van der Waals surface area contributed by atoms with Crippen LogP contribution in [0.15, 0.2) is 27.1 Å². The number of nitrogens with zero attached hydrogens (tertiary/aromatic N) is 2. The molecule has 0 bridgehead atoms. The summed E-state index contributed by atoms with van der Waals surface area (Å²) in [6.45, 7) is 1.77. The van der Waals surface area contributed by atoms with Gasteiger partial charge in [-0.25, -0.2) is 0 Å². The Kier molecular flexibility index (Phi) is 3.83. The van der Waals surface area contributed by atoms with E-state index in [4.69, 9.17) is 14.9 Å². The van der Waals surface area contributed by atoms with E-state index in [0.29, 0.717) is 11.6 Å². The molecule has 0 spiro atoms. The van der Waals surface area contributed by atoms with Crippen molar-refractivity contribution in [1.29, 1.82) is 0 Å². The van der Waals surface area contributed by atoms with Gasteiger partial charge in [0.1, 0.15) is 5.75 Å². The SMILES string of the molecule is COc1ccc(Br)cc1Nc1nnc(C(C)N)o1. The second kappa shape index (κ2) is 5.36. The summed E-state index contributed by atoms with van der Waals surface area (Å²) in [5.41, 5.74) is 6.37. The Hall–Kier alpha value is -1.60. The van der Waals surface area contributed by atoms with Gasteiger partial charge in [0.05, 0.1) is 18.8 Å². The van der Waals surface area contributed by atoms with Gasteiger partial charge in [-0.1, -0.05) is 21.0 Å². The van der Waals surface area contributed by atoms with Gasteiger partial charge in [-0.15, -0.1) is 5.10 Å². The van der Waals surface area contributed by atoms with Gasteiger partial charge in [0.25, 0.3) is 0 Å². The number of aromatic nitrogens is 2. The van der Waals surface area contributed by atoms with Crippen molar-refractivity contribution in [3.8, 4) is 5.75 Å². The first kappa shape index (κ1) is 12.8. The first-order valence-corrected chi connectivity index (χ1v) is 6.09. The number of nitrogens with two attached hydrogens (primary N) is 1. The third-order valence-corrected chi connectivity index (χ3v) is 2.73. The standard InChI is InChI=1S/C11H13BrN4O2/c1-6(13)10-15-16-11(18-10)14-8-5-7(12)3-4-9(8)17-2/h3-6H,13H2,1-2H3,(H,14,16). The van der Waals surface area contributed by atoms with Crippen LogP contribution in [0.25, 0.3) is 0 Å². The van der Waals surface area contributed by atoms with E-state index in [9.17, 15) is 0 Å². The zero-order valence-electron chi connectivity index (χ0n) is 9.98. The predicted octanol–water partition coefficient (Wildman–Crippen LogP) is 2.60. The van der Waals surface area contributed by atoms with Crippen LogP contribution in [0.4, 0.5) is 11.7 Å². The largest absolute Gasteiger partial charge is 0.495 e. The number of ether oxygens (including phenoxy) is 1. The molecule has 2 aromatic rings. The van der Waals surface area contributed by atoms with Crippen molar-refractivity contribution in [1.82, 2.24) is 10.2 Å². The molecule has 18 heavy (non-hydrogen) atoms. The molecule has 3 N–H and O–H groups in total. The van der Waals surface area contributed by atoms with Gasteiger partial charge in [-0.2, -0.15) is 0 Å². The number of hydrogen-bond acceptors (Lipinski definition) is 6. The van der Waals surface area contributed by atoms with Crippen molar-refractivity contribution in [2.45, 2.75) is 13.0 Å².